The SMILES string of the molecule is COCCCN(CCOC)c1cc(Cl)ccc1CN. The number of hydrogen-bond acceptors (Lipinski definition) is 4. The molecule has 5 heteroatoms. The predicted octanol–water partition coefficient (Wildman–Crippen LogP) is 2.29. The molecule has 4 nitrogen and oxygen atoms in total. The maximum Gasteiger partial charge on any atom is 0.0637 e. The molecule has 19 heavy (non-hydrogen) atoms. The van der Waals surface area contributed by atoms with E-state index < -0.39 is 0 Å². The molecule has 0 saturated carbocycles. The first-order valence-electron chi connectivity index (χ1n) is 6.44. The Bertz CT molecular complexity index is 374. The molecule has 0 bridgehead atoms. The van der Waals surface area contributed by atoms with Crippen LogP contribution < -0.4 is 10.6 Å². The zero-order valence-corrected chi connectivity index (χ0v) is 12.4. The summed E-state index contributed by atoms with van der Waals surface area (Å²) in [6.45, 7) is 3.61. The van der Waals surface area contributed by atoms with Gasteiger partial charge in [0.2, 0.25) is 0 Å². The van der Waals surface area contributed by atoms with E-state index in [9.17, 15) is 0 Å². The number of rotatable bonds is 9. The van der Waals surface area contributed by atoms with Crippen molar-refractivity contribution in [1.82, 2.24) is 0 Å². The van der Waals surface area contributed by atoms with Crippen LogP contribution in [-0.2, 0) is 16.0 Å². The Labute approximate surface area is 120 Å². The van der Waals surface area contributed by atoms with E-state index in [1.54, 1.807) is 14.2 Å². The molecule has 1 aromatic carbocycles. The summed E-state index contributed by atoms with van der Waals surface area (Å²) in [5.41, 5.74) is 7.98. The molecule has 0 amide bonds. The smallest absolute Gasteiger partial charge is 0.0637 e. The van der Waals surface area contributed by atoms with Crippen LogP contribution in [0.2, 0.25) is 5.02 Å². The molecule has 0 radical (unpaired) electrons. The Hall–Kier alpha value is -0.810. The molecule has 0 aliphatic heterocycles. The number of nitrogens with two attached hydrogens (primary N) is 1. The fourth-order valence-electron chi connectivity index (χ4n) is 1.96. The lowest BCUT2D eigenvalue weighted by Gasteiger charge is -2.27. The highest BCUT2D eigenvalue weighted by molar-refractivity contribution is 6.30. The van der Waals surface area contributed by atoms with E-state index in [1.807, 2.05) is 18.2 Å². The van der Waals surface area contributed by atoms with Crippen LogP contribution in [0.15, 0.2) is 18.2 Å². The first-order valence-corrected chi connectivity index (χ1v) is 6.82. The van der Waals surface area contributed by atoms with Crippen molar-refractivity contribution in [3.05, 3.63) is 28.8 Å². The van der Waals surface area contributed by atoms with Crippen molar-refractivity contribution in [1.29, 1.82) is 0 Å². The number of hydrogen-bond donors (Lipinski definition) is 1. The van der Waals surface area contributed by atoms with Crippen molar-refractivity contribution in [3.63, 3.8) is 0 Å². The van der Waals surface area contributed by atoms with E-state index in [0.29, 0.717) is 13.2 Å². The molecule has 0 aromatic heterocycles. The van der Waals surface area contributed by atoms with Crippen molar-refractivity contribution >= 4 is 17.3 Å². The topological polar surface area (TPSA) is 47.7 Å². The minimum absolute atomic E-state index is 0.500. The highest BCUT2D eigenvalue weighted by Crippen LogP contribution is 2.25. The maximum absolute atomic E-state index is 6.09. The maximum atomic E-state index is 6.09. The van der Waals surface area contributed by atoms with Crippen LogP contribution in [0, 0.1) is 0 Å². The van der Waals surface area contributed by atoms with Crippen molar-refractivity contribution in [3.8, 4) is 0 Å². The van der Waals surface area contributed by atoms with Crippen LogP contribution in [0.3, 0.4) is 0 Å². The summed E-state index contributed by atoms with van der Waals surface area (Å²) in [4.78, 5) is 2.25. The fourth-order valence-corrected chi connectivity index (χ4v) is 2.12. The van der Waals surface area contributed by atoms with E-state index in [4.69, 9.17) is 26.8 Å². The second-order valence-corrected chi connectivity index (χ2v) is 4.74. The number of ether oxygens (including phenoxy) is 2. The summed E-state index contributed by atoms with van der Waals surface area (Å²) >= 11 is 6.09. The van der Waals surface area contributed by atoms with Gasteiger partial charge in [-0.2, -0.15) is 0 Å². The van der Waals surface area contributed by atoms with Gasteiger partial charge in [-0.25, -0.2) is 0 Å². The van der Waals surface area contributed by atoms with Crippen molar-refractivity contribution in [2.45, 2.75) is 13.0 Å². The van der Waals surface area contributed by atoms with Crippen molar-refractivity contribution in [2.75, 3.05) is 45.4 Å². The zero-order valence-electron chi connectivity index (χ0n) is 11.7. The lowest BCUT2D eigenvalue weighted by Crippen LogP contribution is -2.30. The Morgan fingerprint density at radius 1 is 1.16 bits per heavy atom. The number of benzene rings is 1. The highest BCUT2D eigenvalue weighted by Gasteiger charge is 2.11. The monoisotopic (exact) mass is 286 g/mol. The fraction of sp³-hybridized carbons (Fsp3) is 0.571. The Balaban J connectivity index is 2.84. The molecule has 1 rings (SSSR count). The van der Waals surface area contributed by atoms with Gasteiger partial charge in [-0.15, -0.1) is 0 Å². The summed E-state index contributed by atoms with van der Waals surface area (Å²) in [6.07, 6.45) is 0.955. The van der Waals surface area contributed by atoms with E-state index in [2.05, 4.69) is 4.90 Å². The van der Waals surface area contributed by atoms with Gasteiger partial charge in [-0.05, 0) is 24.1 Å². The molecule has 0 heterocycles. The average molecular weight is 287 g/mol. The van der Waals surface area contributed by atoms with Crippen LogP contribution in [0.5, 0.6) is 0 Å². The average Bonchev–Trinajstić information content (AvgIpc) is 2.42. The van der Waals surface area contributed by atoms with Crippen LogP contribution in [0.1, 0.15) is 12.0 Å². The highest BCUT2D eigenvalue weighted by atomic mass is 35.5. The van der Waals surface area contributed by atoms with Crippen LogP contribution >= 0.6 is 11.6 Å². The lowest BCUT2D eigenvalue weighted by atomic mass is 10.1. The summed E-state index contributed by atoms with van der Waals surface area (Å²) in [7, 11) is 3.42. The van der Waals surface area contributed by atoms with E-state index in [1.165, 1.54) is 0 Å². The molecule has 0 fully saturated rings. The summed E-state index contributed by atoms with van der Waals surface area (Å²) < 4.78 is 10.3. The molecular formula is C14H23ClN2O2. The van der Waals surface area contributed by atoms with Crippen LogP contribution in [-0.4, -0.2) is 40.5 Å². The van der Waals surface area contributed by atoms with Crippen molar-refractivity contribution < 1.29 is 9.47 Å². The zero-order chi connectivity index (χ0) is 14.1. The number of anilines is 1. The van der Waals surface area contributed by atoms with E-state index in [0.717, 1.165) is 42.4 Å². The predicted molar refractivity (Wildman–Crippen MR) is 79.9 cm³/mol. The normalized spacial score (nSPS) is 10.7. The number of methoxy groups -OCH3 is 2. The Kier molecular flexibility index (Phi) is 7.82. The molecule has 1 aromatic rings. The quantitative estimate of drug-likeness (QED) is 0.708. The third kappa shape index (κ3) is 5.37. The van der Waals surface area contributed by atoms with Gasteiger partial charge < -0.3 is 20.1 Å². The van der Waals surface area contributed by atoms with Crippen molar-refractivity contribution in [2.24, 2.45) is 5.73 Å². The van der Waals surface area contributed by atoms with Gasteiger partial charge >= 0.3 is 0 Å². The van der Waals surface area contributed by atoms with Gasteiger partial charge in [-0.1, -0.05) is 17.7 Å². The van der Waals surface area contributed by atoms with Crippen LogP contribution in [0.4, 0.5) is 5.69 Å². The molecule has 0 aliphatic carbocycles. The first-order chi connectivity index (χ1) is 9.22. The Morgan fingerprint density at radius 2 is 1.89 bits per heavy atom. The summed E-state index contributed by atoms with van der Waals surface area (Å²) in [5.74, 6) is 0. The molecular weight excluding hydrogens is 264 g/mol. The molecule has 108 valence electrons. The molecule has 0 saturated heterocycles. The second kappa shape index (κ2) is 9.15. The number of nitrogens with zero attached hydrogens (tertiary/aromatic N) is 1. The van der Waals surface area contributed by atoms with Gasteiger partial charge in [0, 0.05) is 51.2 Å². The first kappa shape index (κ1) is 16.2. The molecule has 0 unspecified atom stereocenters. The molecule has 0 spiro atoms. The van der Waals surface area contributed by atoms with Gasteiger partial charge in [0.25, 0.3) is 0 Å². The standard InChI is InChI=1S/C14H23ClN2O2/c1-18-8-3-6-17(7-9-19-2)14-10-13(15)5-4-12(14)11-16/h4-5,10H,3,6-9,11,16H2,1-2H3. The molecule has 2 N–H and O–H groups in total. The van der Waals surface area contributed by atoms with Gasteiger partial charge in [0.1, 0.15) is 0 Å². The molecule has 0 aliphatic rings. The number of halogens is 1. The van der Waals surface area contributed by atoms with Gasteiger partial charge in [0.15, 0.2) is 0 Å². The minimum atomic E-state index is 0.500. The summed E-state index contributed by atoms with van der Waals surface area (Å²) in [6, 6.07) is 5.82. The molecule has 0 atom stereocenters. The van der Waals surface area contributed by atoms with E-state index in [-0.39, 0.29) is 0 Å². The van der Waals surface area contributed by atoms with Gasteiger partial charge in [0.05, 0.1) is 6.61 Å². The third-order valence-corrected chi connectivity index (χ3v) is 3.18. The third-order valence-electron chi connectivity index (χ3n) is 2.95. The second-order valence-electron chi connectivity index (χ2n) is 4.30. The summed E-state index contributed by atoms with van der Waals surface area (Å²) in [5, 5.41) is 0.723. The minimum Gasteiger partial charge on any atom is -0.385 e. The van der Waals surface area contributed by atoms with Gasteiger partial charge in [-0.3, -0.25) is 0 Å². The van der Waals surface area contributed by atoms with Crippen LogP contribution in [0.25, 0.3) is 0 Å². The Morgan fingerprint density at radius 3 is 2.53 bits per heavy atom. The lowest BCUT2D eigenvalue weighted by molar-refractivity contribution is 0.191. The van der Waals surface area contributed by atoms with E-state index >= 15 is 0 Å². The largest absolute Gasteiger partial charge is 0.385 e.